The Balaban J connectivity index is 0. The highest BCUT2D eigenvalue weighted by Crippen LogP contribution is 2.14. The third-order valence-electron chi connectivity index (χ3n) is 3.06. The number of unbranched alkanes of at least 4 members (excludes halogenated alkanes) is 4. The summed E-state index contributed by atoms with van der Waals surface area (Å²) in [6, 6.07) is 0. The van der Waals surface area contributed by atoms with E-state index in [9.17, 15) is 14.7 Å². The van der Waals surface area contributed by atoms with E-state index in [0.717, 1.165) is 38.5 Å². The molecule has 3 N–H and O–H groups in total. The summed E-state index contributed by atoms with van der Waals surface area (Å²) in [7, 11) is 0. The molecule has 0 aliphatic heterocycles. The van der Waals surface area contributed by atoms with Gasteiger partial charge < -0.3 is 20.1 Å². The second-order valence-corrected chi connectivity index (χ2v) is 5.59. The third-order valence-corrected chi connectivity index (χ3v) is 3.06. The van der Waals surface area contributed by atoms with E-state index in [4.69, 9.17) is 14.9 Å². The van der Waals surface area contributed by atoms with E-state index < -0.39 is 23.6 Å². The van der Waals surface area contributed by atoms with E-state index >= 15 is 0 Å². The second-order valence-electron chi connectivity index (χ2n) is 5.59. The van der Waals surface area contributed by atoms with E-state index in [-0.39, 0.29) is 0 Å². The molecule has 0 aromatic heterocycles. The monoisotopic (exact) mass is 320 g/mol. The Morgan fingerprint density at radius 3 is 2.00 bits per heavy atom. The van der Waals surface area contributed by atoms with Crippen LogP contribution in [0.5, 0.6) is 0 Å². The van der Waals surface area contributed by atoms with E-state index in [1.807, 2.05) is 6.92 Å². The first-order valence-corrected chi connectivity index (χ1v) is 7.99. The van der Waals surface area contributed by atoms with Crippen molar-refractivity contribution in [2.45, 2.75) is 84.3 Å². The van der Waals surface area contributed by atoms with Gasteiger partial charge in [-0.1, -0.05) is 39.5 Å². The van der Waals surface area contributed by atoms with Crippen LogP contribution in [0.2, 0.25) is 0 Å². The lowest BCUT2D eigenvalue weighted by atomic mass is 9.99. The van der Waals surface area contributed by atoms with Crippen molar-refractivity contribution in [1.29, 1.82) is 0 Å². The number of rotatable bonds is 10. The molecule has 0 bridgehead atoms. The molecule has 0 fully saturated rings. The van der Waals surface area contributed by atoms with Crippen molar-refractivity contribution in [3.05, 3.63) is 0 Å². The number of carboxylic acid groups (broad SMARTS) is 1. The van der Waals surface area contributed by atoms with Crippen LogP contribution in [0.25, 0.3) is 0 Å². The van der Waals surface area contributed by atoms with E-state index in [2.05, 4.69) is 6.92 Å². The highest BCUT2D eigenvalue weighted by atomic mass is 16.5. The molecule has 0 saturated carbocycles. The average molecular weight is 320 g/mol. The first-order valence-electron chi connectivity index (χ1n) is 7.99. The van der Waals surface area contributed by atoms with Crippen molar-refractivity contribution >= 4 is 11.9 Å². The van der Waals surface area contributed by atoms with Crippen molar-refractivity contribution in [3.8, 4) is 0 Å². The fourth-order valence-corrected chi connectivity index (χ4v) is 1.47. The van der Waals surface area contributed by atoms with Gasteiger partial charge in [-0.2, -0.15) is 0 Å². The van der Waals surface area contributed by atoms with Crippen molar-refractivity contribution in [2.75, 3.05) is 6.61 Å². The molecule has 0 amide bonds. The fourth-order valence-electron chi connectivity index (χ4n) is 1.47. The number of carboxylic acids is 1. The van der Waals surface area contributed by atoms with Gasteiger partial charge in [0.1, 0.15) is 6.10 Å². The third kappa shape index (κ3) is 13.8. The number of aliphatic hydroxyl groups excluding tert-OH is 1. The Morgan fingerprint density at radius 2 is 1.59 bits per heavy atom. The highest BCUT2D eigenvalue weighted by molar-refractivity contribution is 5.76. The predicted octanol–water partition coefficient (Wildman–Crippen LogP) is 2.50. The SMILES string of the molecule is CCCCCC(C)(O)C(=O)O.CCCCCOC(=O)C(C)O. The zero-order valence-corrected chi connectivity index (χ0v) is 14.3. The van der Waals surface area contributed by atoms with Gasteiger partial charge in [-0.15, -0.1) is 0 Å². The van der Waals surface area contributed by atoms with Crippen LogP contribution in [0.3, 0.4) is 0 Å². The first kappa shape index (κ1) is 23.1. The summed E-state index contributed by atoms with van der Waals surface area (Å²) in [4.78, 5) is 21.0. The topological polar surface area (TPSA) is 104 Å². The van der Waals surface area contributed by atoms with E-state index in [1.165, 1.54) is 13.8 Å². The summed E-state index contributed by atoms with van der Waals surface area (Å²) in [6.07, 6.45) is 5.19. The molecule has 132 valence electrons. The number of aliphatic hydroxyl groups is 2. The van der Waals surface area contributed by atoms with Gasteiger partial charge in [0.25, 0.3) is 0 Å². The Kier molecular flexibility index (Phi) is 14.2. The molecule has 6 heteroatoms. The zero-order valence-electron chi connectivity index (χ0n) is 14.3. The highest BCUT2D eigenvalue weighted by Gasteiger charge is 2.28. The molecule has 0 aliphatic carbocycles. The Morgan fingerprint density at radius 1 is 1.09 bits per heavy atom. The lowest BCUT2D eigenvalue weighted by molar-refractivity contribution is -0.157. The van der Waals surface area contributed by atoms with Gasteiger partial charge in [-0.3, -0.25) is 0 Å². The van der Waals surface area contributed by atoms with Crippen molar-refractivity contribution in [1.82, 2.24) is 0 Å². The van der Waals surface area contributed by atoms with Crippen molar-refractivity contribution in [3.63, 3.8) is 0 Å². The predicted molar refractivity (Wildman–Crippen MR) is 84.6 cm³/mol. The second kappa shape index (κ2) is 13.5. The summed E-state index contributed by atoms with van der Waals surface area (Å²) in [6.45, 7) is 7.29. The molecular weight excluding hydrogens is 288 g/mol. The van der Waals surface area contributed by atoms with Crippen LogP contribution < -0.4 is 0 Å². The van der Waals surface area contributed by atoms with Crippen LogP contribution in [-0.2, 0) is 14.3 Å². The molecular formula is C16H32O6. The molecule has 2 unspecified atom stereocenters. The summed E-state index contributed by atoms with van der Waals surface area (Å²) in [5.74, 6) is -1.66. The standard InChI is InChI=1S/2C8H16O3/c1-3-4-5-6-8(2,11)7(9)10;1-3-4-5-6-11-8(10)7(2)9/h11H,3-6H2,1-2H3,(H,9,10);7,9H,3-6H2,1-2H3. The molecule has 0 aliphatic rings. The number of hydrogen-bond donors (Lipinski definition) is 3. The van der Waals surface area contributed by atoms with Crippen molar-refractivity contribution < 1.29 is 29.6 Å². The molecule has 0 saturated heterocycles. The van der Waals surface area contributed by atoms with Gasteiger partial charge in [-0.25, -0.2) is 9.59 Å². The number of esters is 1. The molecule has 0 aromatic rings. The molecule has 0 rings (SSSR count). The van der Waals surface area contributed by atoms with Gasteiger partial charge in [-0.05, 0) is 33.1 Å². The lowest BCUT2D eigenvalue weighted by Crippen LogP contribution is -2.34. The maximum atomic E-state index is 10.6. The molecule has 0 radical (unpaired) electrons. The minimum absolute atomic E-state index is 0.343. The van der Waals surface area contributed by atoms with Gasteiger partial charge in [0, 0.05) is 0 Å². The lowest BCUT2D eigenvalue weighted by Gasteiger charge is -2.16. The van der Waals surface area contributed by atoms with Crippen LogP contribution >= 0.6 is 0 Å². The minimum Gasteiger partial charge on any atom is -0.479 e. The van der Waals surface area contributed by atoms with E-state index in [0.29, 0.717) is 13.0 Å². The fraction of sp³-hybridized carbons (Fsp3) is 0.875. The summed E-state index contributed by atoms with van der Waals surface area (Å²) < 4.78 is 4.72. The molecule has 0 spiro atoms. The normalized spacial score (nSPS) is 14.3. The smallest absolute Gasteiger partial charge is 0.335 e. The van der Waals surface area contributed by atoms with Gasteiger partial charge in [0.05, 0.1) is 6.61 Å². The van der Waals surface area contributed by atoms with Crippen LogP contribution in [0.1, 0.15) is 72.6 Å². The Bertz CT molecular complexity index is 297. The zero-order chi connectivity index (χ0) is 17.6. The molecule has 22 heavy (non-hydrogen) atoms. The summed E-state index contributed by atoms with van der Waals surface area (Å²) in [5, 5.41) is 26.4. The minimum atomic E-state index is -1.53. The summed E-state index contributed by atoms with van der Waals surface area (Å²) in [5.41, 5.74) is -1.53. The Labute approximate surface area is 133 Å². The Hall–Kier alpha value is -1.14. The number of carbonyl (C=O) groups excluding carboxylic acids is 1. The molecule has 0 aromatic carbocycles. The number of hydrogen-bond acceptors (Lipinski definition) is 5. The summed E-state index contributed by atoms with van der Waals surface area (Å²) >= 11 is 0. The van der Waals surface area contributed by atoms with Gasteiger partial charge in [0.2, 0.25) is 0 Å². The van der Waals surface area contributed by atoms with Crippen LogP contribution in [0.15, 0.2) is 0 Å². The first-order chi connectivity index (χ1) is 10.2. The largest absolute Gasteiger partial charge is 0.479 e. The van der Waals surface area contributed by atoms with E-state index in [1.54, 1.807) is 0 Å². The quantitative estimate of drug-likeness (QED) is 0.422. The van der Waals surface area contributed by atoms with Crippen LogP contribution in [0.4, 0.5) is 0 Å². The maximum Gasteiger partial charge on any atom is 0.335 e. The maximum absolute atomic E-state index is 10.6. The number of aliphatic carboxylic acids is 1. The molecule has 6 nitrogen and oxygen atoms in total. The average Bonchev–Trinajstić information content (AvgIpc) is 2.44. The van der Waals surface area contributed by atoms with Crippen molar-refractivity contribution in [2.24, 2.45) is 0 Å². The number of ether oxygens (including phenoxy) is 1. The van der Waals surface area contributed by atoms with Crippen LogP contribution in [0, 0.1) is 0 Å². The number of carbonyl (C=O) groups is 2. The molecule has 0 heterocycles. The van der Waals surface area contributed by atoms with Gasteiger partial charge in [0.15, 0.2) is 5.60 Å². The molecule has 2 atom stereocenters. The van der Waals surface area contributed by atoms with Gasteiger partial charge >= 0.3 is 11.9 Å². The van der Waals surface area contributed by atoms with Crippen LogP contribution in [-0.4, -0.2) is 45.6 Å².